The molecule has 0 radical (unpaired) electrons. The summed E-state index contributed by atoms with van der Waals surface area (Å²) in [4.78, 5) is 4.61. The first-order valence-electron chi connectivity index (χ1n) is 2.96. The maximum absolute atomic E-state index is 11.9. The van der Waals surface area contributed by atoms with Gasteiger partial charge < -0.3 is 6.41 Å². The average molecular weight is 226 g/mol. The van der Waals surface area contributed by atoms with Crippen molar-refractivity contribution in [2.24, 2.45) is 0 Å². The van der Waals surface area contributed by atoms with E-state index in [-0.39, 0.29) is 52.8 Å². The molecule has 8 heteroatoms. The van der Waals surface area contributed by atoms with E-state index in [1.165, 1.54) is 12.1 Å². The fourth-order valence-corrected chi connectivity index (χ4v) is 0.669. The van der Waals surface area contributed by atoms with Gasteiger partial charge in [-0.2, -0.15) is 23.7 Å². The van der Waals surface area contributed by atoms with Gasteiger partial charge in [0.15, 0.2) is 11.4 Å². The Bertz CT molecular complexity index is 382. The van der Waals surface area contributed by atoms with Crippen LogP contribution in [-0.2, 0) is 6.18 Å². The van der Waals surface area contributed by atoms with Crippen molar-refractivity contribution in [1.29, 1.82) is 10.5 Å². The van der Waals surface area contributed by atoms with Crippen LogP contribution in [0.5, 0.6) is 0 Å². The zero-order valence-corrected chi connectivity index (χ0v) is 10.1. The van der Waals surface area contributed by atoms with Crippen molar-refractivity contribution >= 4 is 0 Å². The molecule has 68 valence electrons. The number of imidazole rings is 1. The van der Waals surface area contributed by atoms with Gasteiger partial charge in [0, 0.05) is 0 Å². The van der Waals surface area contributed by atoms with Gasteiger partial charge in [-0.05, 0) is 0 Å². The summed E-state index contributed by atoms with van der Waals surface area (Å²) in [6.07, 6.45) is -4.67. The molecular weight excluding hydrogens is 224 g/mol. The SMILES string of the molecule is N#Cc1nc(C(F)(F)F)[nH]c1C#N.[H-].[K+]. The van der Waals surface area contributed by atoms with Gasteiger partial charge in [0.2, 0.25) is 5.82 Å². The van der Waals surface area contributed by atoms with Crippen LogP contribution in [0, 0.1) is 22.7 Å². The largest absolute Gasteiger partial charge is 1.00 e. The second kappa shape index (κ2) is 4.91. The number of halogens is 3. The fraction of sp³-hybridized carbons (Fsp3) is 0.167. The Balaban J connectivity index is 0. The maximum atomic E-state index is 11.9. The van der Waals surface area contributed by atoms with E-state index in [4.69, 9.17) is 10.5 Å². The molecule has 1 aromatic heterocycles. The van der Waals surface area contributed by atoms with Crippen molar-refractivity contribution < 1.29 is 66.0 Å². The minimum atomic E-state index is -4.67. The second-order valence-electron chi connectivity index (χ2n) is 2.03. The molecule has 0 saturated heterocycles. The van der Waals surface area contributed by atoms with E-state index in [2.05, 4.69) is 4.98 Å². The Morgan fingerprint density at radius 3 is 2.14 bits per heavy atom. The number of rotatable bonds is 0. The summed E-state index contributed by atoms with van der Waals surface area (Å²) >= 11 is 0. The van der Waals surface area contributed by atoms with Crippen LogP contribution in [0.15, 0.2) is 0 Å². The average Bonchev–Trinajstić information content (AvgIpc) is 2.45. The molecule has 4 nitrogen and oxygen atoms in total. The van der Waals surface area contributed by atoms with Gasteiger partial charge in [0.05, 0.1) is 0 Å². The van der Waals surface area contributed by atoms with E-state index < -0.39 is 23.4 Å². The summed E-state index contributed by atoms with van der Waals surface area (Å²) in [5.41, 5.74) is -1.02. The van der Waals surface area contributed by atoms with Gasteiger partial charge >= 0.3 is 57.6 Å². The Kier molecular flexibility index (Phi) is 4.78. The molecule has 14 heavy (non-hydrogen) atoms. The van der Waals surface area contributed by atoms with Crippen molar-refractivity contribution in [2.75, 3.05) is 0 Å². The molecular formula is C6H2F3KN4. The second-order valence-corrected chi connectivity index (χ2v) is 2.03. The third-order valence-electron chi connectivity index (χ3n) is 1.19. The summed E-state index contributed by atoms with van der Waals surface area (Å²) in [5, 5.41) is 16.6. The predicted octanol–water partition coefficient (Wildman–Crippen LogP) is -1.71. The number of aromatic amines is 1. The van der Waals surface area contributed by atoms with Crippen LogP contribution in [0.25, 0.3) is 0 Å². The van der Waals surface area contributed by atoms with Crippen LogP contribution in [0.3, 0.4) is 0 Å². The predicted molar refractivity (Wildman–Crippen MR) is 34.1 cm³/mol. The van der Waals surface area contributed by atoms with Crippen LogP contribution >= 0.6 is 0 Å². The zero-order valence-electron chi connectivity index (χ0n) is 7.98. The molecule has 1 rings (SSSR count). The number of H-pyrrole nitrogens is 1. The monoisotopic (exact) mass is 226 g/mol. The topological polar surface area (TPSA) is 76.3 Å². The summed E-state index contributed by atoms with van der Waals surface area (Å²) in [6.45, 7) is 0. The number of hydrogen-bond donors (Lipinski definition) is 1. The van der Waals surface area contributed by atoms with Crippen molar-refractivity contribution in [3.8, 4) is 12.1 Å². The third kappa shape index (κ3) is 2.80. The minimum absolute atomic E-state index is 0. The fourth-order valence-electron chi connectivity index (χ4n) is 0.669. The van der Waals surface area contributed by atoms with E-state index in [0.717, 1.165) is 0 Å². The molecule has 0 atom stereocenters. The molecule has 0 aliphatic rings. The van der Waals surface area contributed by atoms with Crippen LogP contribution in [-0.4, -0.2) is 9.97 Å². The summed E-state index contributed by atoms with van der Waals surface area (Å²) in [7, 11) is 0. The normalized spacial score (nSPS) is 9.79. The number of hydrogen-bond acceptors (Lipinski definition) is 3. The molecule has 1 N–H and O–H groups in total. The smallest absolute Gasteiger partial charge is 1.00 e. The minimum Gasteiger partial charge on any atom is -1.00 e. The van der Waals surface area contributed by atoms with Gasteiger partial charge in [0.25, 0.3) is 0 Å². The van der Waals surface area contributed by atoms with Crippen LogP contribution in [0.4, 0.5) is 13.2 Å². The van der Waals surface area contributed by atoms with Crippen molar-refractivity contribution in [1.82, 2.24) is 9.97 Å². The number of nitriles is 2. The van der Waals surface area contributed by atoms with Crippen molar-refractivity contribution in [3.63, 3.8) is 0 Å². The molecule has 0 aliphatic heterocycles. The third-order valence-corrected chi connectivity index (χ3v) is 1.19. The standard InChI is InChI=1S/C6HF3N4.K.H/c7-6(8,9)5-12-3(1-10)4(2-11)13-5;;/h(H,12,13);;/q;+1;-1. The first-order chi connectivity index (χ1) is 5.99. The summed E-state index contributed by atoms with van der Waals surface area (Å²) in [6, 6.07) is 2.77. The number of nitrogens with one attached hydrogen (secondary N) is 1. The van der Waals surface area contributed by atoms with E-state index in [9.17, 15) is 13.2 Å². The van der Waals surface area contributed by atoms with Crippen molar-refractivity contribution in [3.05, 3.63) is 17.2 Å². The van der Waals surface area contributed by atoms with Gasteiger partial charge in [-0.25, -0.2) is 4.98 Å². The Morgan fingerprint density at radius 2 is 1.86 bits per heavy atom. The molecule has 0 fully saturated rings. The van der Waals surface area contributed by atoms with Crippen LogP contribution < -0.4 is 51.4 Å². The molecule has 0 aromatic carbocycles. The van der Waals surface area contributed by atoms with E-state index >= 15 is 0 Å². The first kappa shape index (κ1) is 13.6. The van der Waals surface area contributed by atoms with Gasteiger partial charge in [0.1, 0.15) is 12.1 Å². The maximum Gasteiger partial charge on any atom is 1.00 e. The van der Waals surface area contributed by atoms with Gasteiger partial charge in [-0.1, -0.05) is 0 Å². The molecule has 0 spiro atoms. The number of aromatic nitrogens is 2. The van der Waals surface area contributed by atoms with Crippen molar-refractivity contribution in [2.45, 2.75) is 6.18 Å². The molecule has 0 saturated carbocycles. The molecule has 1 heterocycles. The molecule has 0 bridgehead atoms. The van der Waals surface area contributed by atoms with E-state index in [1.807, 2.05) is 0 Å². The summed E-state index contributed by atoms with van der Waals surface area (Å²) in [5.74, 6) is -1.33. The Labute approximate surface area is 121 Å². The molecule has 0 amide bonds. The van der Waals surface area contributed by atoms with Crippen LogP contribution in [0.2, 0.25) is 0 Å². The zero-order chi connectivity index (χ0) is 10.1. The van der Waals surface area contributed by atoms with E-state index in [0.29, 0.717) is 0 Å². The molecule has 0 aliphatic carbocycles. The number of nitrogens with zero attached hydrogens (tertiary/aromatic N) is 3. The van der Waals surface area contributed by atoms with E-state index in [1.54, 1.807) is 4.98 Å². The molecule has 0 unspecified atom stereocenters. The Morgan fingerprint density at radius 1 is 1.29 bits per heavy atom. The quantitative estimate of drug-likeness (QED) is 0.535. The van der Waals surface area contributed by atoms with Gasteiger partial charge in [-0.3, -0.25) is 0 Å². The first-order valence-corrected chi connectivity index (χ1v) is 2.96. The number of alkyl halides is 3. The summed E-state index contributed by atoms with van der Waals surface area (Å²) < 4.78 is 35.8. The van der Waals surface area contributed by atoms with Gasteiger partial charge in [-0.15, -0.1) is 0 Å². The molecule has 1 aromatic rings. The van der Waals surface area contributed by atoms with Crippen LogP contribution in [0.1, 0.15) is 18.6 Å². The Hall–Kier alpha value is -0.384.